The Kier molecular flexibility index (Phi) is 3.19. The number of carbonyl (C=O) groups is 1. The third-order valence-electron chi connectivity index (χ3n) is 3.45. The van der Waals surface area contributed by atoms with Crippen molar-refractivity contribution >= 4 is 5.78 Å². The van der Waals surface area contributed by atoms with Gasteiger partial charge in [-0.3, -0.25) is 9.69 Å². The van der Waals surface area contributed by atoms with Crippen LogP contribution in [0.1, 0.15) is 38.5 Å². The first-order chi connectivity index (χ1) is 6.77. The number of nitrogens with two attached hydrogens (primary N) is 1. The monoisotopic (exact) mass is 196 g/mol. The first-order valence-electron chi connectivity index (χ1n) is 5.80. The molecule has 2 fully saturated rings. The Morgan fingerprint density at radius 3 is 2.79 bits per heavy atom. The molecule has 2 rings (SSSR count). The SMILES string of the molecule is NC1CCCN(C2CCCCC2=O)C1. The Labute approximate surface area is 85.6 Å². The van der Waals surface area contributed by atoms with Crippen molar-refractivity contribution in [1.82, 2.24) is 4.90 Å². The van der Waals surface area contributed by atoms with E-state index in [1.165, 1.54) is 6.42 Å². The average Bonchev–Trinajstić information content (AvgIpc) is 2.18. The predicted octanol–water partition coefficient (Wildman–Crippen LogP) is 0.921. The quantitative estimate of drug-likeness (QED) is 0.678. The smallest absolute Gasteiger partial charge is 0.149 e. The van der Waals surface area contributed by atoms with Gasteiger partial charge in [0.1, 0.15) is 5.78 Å². The molecular weight excluding hydrogens is 176 g/mol. The molecule has 3 nitrogen and oxygen atoms in total. The number of ketones is 1. The van der Waals surface area contributed by atoms with Crippen LogP contribution in [0.3, 0.4) is 0 Å². The average molecular weight is 196 g/mol. The van der Waals surface area contributed by atoms with Crippen molar-refractivity contribution in [2.24, 2.45) is 5.73 Å². The number of nitrogens with zero attached hydrogens (tertiary/aromatic N) is 1. The molecule has 1 saturated heterocycles. The maximum absolute atomic E-state index is 11.7. The molecule has 0 aromatic carbocycles. The summed E-state index contributed by atoms with van der Waals surface area (Å²) in [5.41, 5.74) is 5.92. The summed E-state index contributed by atoms with van der Waals surface area (Å²) >= 11 is 0. The van der Waals surface area contributed by atoms with Gasteiger partial charge in [0.2, 0.25) is 0 Å². The Hall–Kier alpha value is -0.410. The number of piperidine rings is 1. The molecule has 0 aromatic heterocycles. The standard InChI is InChI=1S/C11H20N2O/c12-9-4-3-7-13(8-9)10-5-1-2-6-11(10)14/h9-10H,1-8,12H2. The number of Topliss-reactive ketones (excluding diaryl/α,β-unsaturated/α-hetero) is 1. The molecule has 0 aromatic rings. The van der Waals surface area contributed by atoms with Gasteiger partial charge in [0.05, 0.1) is 6.04 Å². The number of rotatable bonds is 1. The lowest BCUT2D eigenvalue weighted by Crippen LogP contribution is -2.51. The molecule has 1 heterocycles. The lowest BCUT2D eigenvalue weighted by molar-refractivity contribution is -0.126. The second kappa shape index (κ2) is 4.41. The molecule has 2 unspecified atom stereocenters. The van der Waals surface area contributed by atoms with E-state index >= 15 is 0 Å². The summed E-state index contributed by atoms with van der Waals surface area (Å²) in [6.45, 7) is 2.00. The van der Waals surface area contributed by atoms with Crippen LogP contribution in [0.4, 0.5) is 0 Å². The van der Waals surface area contributed by atoms with Gasteiger partial charge in [0.25, 0.3) is 0 Å². The minimum Gasteiger partial charge on any atom is -0.327 e. The minimum atomic E-state index is 0.204. The summed E-state index contributed by atoms with van der Waals surface area (Å²) in [5, 5.41) is 0. The molecule has 80 valence electrons. The second-order valence-electron chi connectivity index (χ2n) is 4.63. The summed E-state index contributed by atoms with van der Waals surface area (Å²) in [4.78, 5) is 14.0. The van der Waals surface area contributed by atoms with Gasteiger partial charge in [0, 0.05) is 19.0 Å². The van der Waals surface area contributed by atoms with Gasteiger partial charge in [-0.2, -0.15) is 0 Å². The van der Waals surface area contributed by atoms with Crippen LogP contribution in [0, 0.1) is 0 Å². The molecule has 1 aliphatic carbocycles. The Bertz CT molecular complexity index is 217. The van der Waals surface area contributed by atoms with E-state index in [0.717, 1.165) is 45.2 Å². The summed E-state index contributed by atoms with van der Waals surface area (Å²) in [7, 11) is 0. The van der Waals surface area contributed by atoms with Crippen molar-refractivity contribution in [3.8, 4) is 0 Å². The normalized spacial score (nSPS) is 35.9. The summed E-state index contributed by atoms with van der Waals surface area (Å²) < 4.78 is 0. The van der Waals surface area contributed by atoms with Crippen LogP contribution in [-0.4, -0.2) is 35.9 Å². The van der Waals surface area contributed by atoms with Crippen molar-refractivity contribution in [2.45, 2.75) is 50.6 Å². The van der Waals surface area contributed by atoms with E-state index in [1.807, 2.05) is 0 Å². The van der Waals surface area contributed by atoms with Crippen LogP contribution < -0.4 is 5.73 Å². The van der Waals surface area contributed by atoms with Gasteiger partial charge in [-0.25, -0.2) is 0 Å². The van der Waals surface area contributed by atoms with Crippen LogP contribution in [0.25, 0.3) is 0 Å². The molecule has 2 N–H and O–H groups in total. The van der Waals surface area contributed by atoms with Gasteiger partial charge in [-0.15, -0.1) is 0 Å². The second-order valence-corrected chi connectivity index (χ2v) is 4.63. The topological polar surface area (TPSA) is 46.3 Å². The minimum absolute atomic E-state index is 0.204. The maximum Gasteiger partial charge on any atom is 0.149 e. The Morgan fingerprint density at radius 2 is 2.07 bits per heavy atom. The number of likely N-dealkylation sites (tertiary alicyclic amines) is 1. The largest absolute Gasteiger partial charge is 0.327 e. The fourth-order valence-electron chi connectivity index (χ4n) is 2.67. The van der Waals surface area contributed by atoms with E-state index in [2.05, 4.69) is 4.90 Å². The van der Waals surface area contributed by atoms with E-state index in [-0.39, 0.29) is 6.04 Å². The van der Waals surface area contributed by atoms with Crippen LogP contribution in [0.15, 0.2) is 0 Å². The molecule has 0 spiro atoms. The zero-order chi connectivity index (χ0) is 9.97. The van der Waals surface area contributed by atoms with Crippen molar-refractivity contribution in [1.29, 1.82) is 0 Å². The van der Waals surface area contributed by atoms with Crippen LogP contribution in [-0.2, 0) is 4.79 Å². The molecule has 0 bridgehead atoms. The highest BCUT2D eigenvalue weighted by atomic mass is 16.1. The molecule has 1 aliphatic heterocycles. The molecular formula is C11H20N2O. The van der Waals surface area contributed by atoms with Crippen molar-refractivity contribution in [3.05, 3.63) is 0 Å². The maximum atomic E-state index is 11.7. The highest BCUT2D eigenvalue weighted by Gasteiger charge is 2.30. The van der Waals surface area contributed by atoms with Crippen LogP contribution in [0.2, 0.25) is 0 Å². The van der Waals surface area contributed by atoms with Crippen LogP contribution >= 0.6 is 0 Å². The summed E-state index contributed by atoms with van der Waals surface area (Å²) in [6.07, 6.45) is 6.43. The zero-order valence-electron chi connectivity index (χ0n) is 8.74. The van der Waals surface area contributed by atoms with Crippen LogP contribution in [0.5, 0.6) is 0 Å². The molecule has 2 aliphatic rings. The third-order valence-corrected chi connectivity index (χ3v) is 3.45. The lowest BCUT2D eigenvalue weighted by atomic mass is 9.91. The fourth-order valence-corrected chi connectivity index (χ4v) is 2.67. The van der Waals surface area contributed by atoms with Gasteiger partial charge < -0.3 is 5.73 Å². The van der Waals surface area contributed by atoms with E-state index in [4.69, 9.17) is 5.73 Å². The number of carbonyl (C=O) groups excluding carboxylic acids is 1. The molecule has 2 atom stereocenters. The van der Waals surface area contributed by atoms with Gasteiger partial charge in [0.15, 0.2) is 0 Å². The van der Waals surface area contributed by atoms with Crippen molar-refractivity contribution in [3.63, 3.8) is 0 Å². The van der Waals surface area contributed by atoms with E-state index in [9.17, 15) is 4.79 Å². The summed E-state index contributed by atoms with van der Waals surface area (Å²) in [6, 6.07) is 0.494. The molecule has 1 saturated carbocycles. The first-order valence-corrected chi connectivity index (χ1v) is 5.80. The molecule has 14 heavy (non-hydrogen) atoms. The highest BCUT2D eigenvalue weighted by Crippen LogP contribution is 2.22. The predicted molar refractivity (Wildman–Crippen MR) is 56.0 cm³/mol. The third kappa shape index (κ3) is 2.15. The van der Waals surface area contributed by atoms with Crippen molar-refractivity contribution in [2.75, 3.05) is 13.1 Å². The van der Waals surface area contributed by atoms with E-state index in [1.54, 1.807) is 0 Å². The Balaban J connectivity index is 1.94. The molecule has 3 heteroatoms. The first kappa shape index (κ1) is 10.1. The van der Waals surface area contributed by atoms with E-state index in [0.29, 0.717) is 11.8 Å². The number of hydrogen-bond acceptors (Lipinski definition) is 3. The van der Waals surface area contributed by atoms with Gasteiger partial charge in [-0.05, 0) is 32.2 Å². The fraction of sp³-hybridized carbons (Fsp3) is 0.909. The zero-order valence-corrected chi connectivity index (χ0v) is 8.74. The van der Waals surface area contributed by atoms with Crippen molar-refractivity contribution < 1.29 is 4.79 Å². The molecule has 0 amide bonds. The summed E-state index contributed by atoms with van der Waals surface area (Å²) in [5.74, 6) is 0.449. The van der Waals surface area contributed by atoms with E-state index < -0.39 is 0 Å². The van der Waals surface area contributed by atoms with Gasteiger partial charge in [-0.1, -0.05) is 6.42 Å². The Morgan fingerprint density at radius 1 is 1.21 bits per heavy atom. The highest BCUT2D eigenvalue weighted by molar-refractivity contribution is 5.84. The molecule has 0 radical (unpaired) electrons. The number of hydrogen-bond donors (Lipinski definition) is 1. The van der Waals surface area contributed by atoms with Gasteiger partial charge >= 0.3 is 0 Å². The lowest BCUT2D eigenvalue weighted by Gasteiger charge is -2.37.